The quantitative estimate of drug-likeness (QED) is 0.806. The monoisotopic (exact) mass is 270 g/mol. The highest BCUT2D eigenvalue weighted by molar-refractivity contribution is 7.15. The van der Waals surface area contributed by atoms with E-state index in [4.69, 9.17) is 10.2 Å². The first-order valence-corrected chi connectivity index (χ1v) is 7.17. The number of hydrogen-bond donors (Lipinski definition) is 0. The normalized spacial score (nSPS) is 11.3. The molecule has 0 N–H and O–H groups in total. The van der Waals surface area contributed by atoms with E-state index in [1.165, 1.54) is 5.56 Å². The lowest BCUT2D eigenvalue weighted by Crippen LogP contribution is -2.13. The molecule has 2 aromatic rings. The zero-order valence-corrected chi connectivity index (χ0v) is 12.6. The van der Waals surface area contributed by atoms with Crippen molar-refractivity contribution in [1.82, 2.24) is 4.98 Å². The molecule has 0 atom stereocenters. The van der Waals surface area contributed by atoms with E-state index in [0.29, 0.717) is 6.42 Å². The average molecular weight is 270 g/mol. The molecule has 0 saturated heterocycles. The fraction of sp³-hybridized carbons (Fsp3) is 0.375. The van der Waals surface area contributed by atoms with Crippen molar-refractivity contribution in [1.29, 1.82) is 5.26 Å². The topological polar surface area (TPSA) is 36.7 Å². The minimum absolute atomic E-state index is 0.0231. The van der Waals surface area contributed by atoms with Gasteiger partial charge in [0.1, 0.15) is 5.01 Å². The van der Waals surface area contributed by atoms with Crippen molar-refractivity contribution in [2.45, 2.75) is 39.5 Å². The Hall–Kier alpha value is -1.66. The molecule has 2 rings (SSSR count). The lowest BCUT2D eigenvalue weighted by Gasteiger charge is -2.16. The Kier molecular flexibility index (Phi) is 3.73. The van der Waals surface area contributed by atoms with Crippen LogP contribution in [0.1, 0.15) is 36.9 Å². The smallest absolute Gasteiger partial charge is 0.123 e. The summed E-state index contributed by atoms with van der Waals surface area (Å²) in [4.78, 5) is 5.87. The zero-order chi connectivity index (χ0) is 14.0. The van der Waals surface area contributed by atoms with Crippen LogP contribution in [0.2, 0.25) is 0 Å². The van der Waals surface area contributed by atoms with Gasteiger partial charge in [0.05, 0.1) is 18.2 Å². The lowest BCUT2D eigenvalue weighted by atomic mass is 9.91. The number of nitriles is 1. The Morgan fingerprint density at radius 2 is 2.05 bits per heavy atom. The van der Waals surface area contributed by atoms with Crippen LogP contribution in [-0.2, 0) is 11.8 Å². The van der Waals surface area contributed by atoms with Gasteiger partial charge >= 0.3 is 0 Å². The molecule has 0 aliphatic heterocycles. The van der Waals surface area contributed by atoms with Crippen molar-refractivity contribution in [2.75, 3.05) is 0 Å². The van der Waals surface area contributed by atoms with E-state index in [1.54, 1.807) is 11.3 Å². The molecule has 0 bridgehead atoms. The van der Waals surface area contributed by atoms with E-state index in [1.807, 2.05) is 6.07 Å². The summed E-state index contributed by atoms with van der Waals surface area (Å²) < 4.78 is 0. The fourth-order valence-corrected chi connectivity index (χ4v) is 3.23. The molecule has 1 aromatic carbocycles. The third kappa shape index (κ3) is 3.02. The van der Waals surface area contributed by atoms with Crippen molar-refractivity contribution in [3.63, 3.8) is 0 Å². The molecule has 0 saturated carbocycles. The molecule has 2 nitrogen and oxygen atoms in total. The summed E-state index contributed by atoms with van der Waals surface area (Å²) in [5, 5.41) is 9.98. The molecule has 0 unspecified atom stereocenters. The lowest BCUT2D eigenvalue weighted by molar-refractivity contribution is 0.568. The van der Waals surface area contributed by atoms with Crippen molar-refractivity contribution in [2.24, 2.45) is 0 Å². The average Bonchev–Trinajstić information content (AvgIpc) is 2.73. The third-order valence-electron chi connectivity index (χ3n) is 2.91. The maximum Gasteiger partial charge on any atom is 0.123 e. The van der Waals surface area contributed by atoms with Gasteiger partial charge in [-0.3, -0.25) is 0 Å². The minimum Gasteiger partial charge on any atom is -0.240 e. The van der Waals surface area contributed by atoms with Gasteiger partial charge in [0.2, 0.25) is 0 Å². The van der Waals surface area contributed by atoms with Gasteiger partial charge in [-0.2, -0.15) is 5.26 Å². The Morgan fingerprint density at radius 1 is 1.32 bits per heavy atom. The Labute approximate surface area is 118 Å². The molecule has 3 heteroatoms. The summed E-state index contributed by atoms with van der Waals surface area (Å²) in [6.45, 7) is 8.51. The van der Waals surface area contributed by atoms with Crippen LogP contribution in [0.25, 0.3) is 10.6 Å². The molecule has 0 amide bonds. The number of thiazole rings is 1. The van der Waals surface area contributed by atoms with Gasteiger partial charge in [-0.15, -0.1) is 11.3 Å². The highest BCUT2D eigenvalue weighted by atomic mass is 32.1. The van der Waals surface area contributed by atoms with Gasteiger partial charge in [0.25, 0.3) is 0 Å². The van der Waals surface area contributed by atoms with Crippen LogP contribution in [0, 0.1) is 18.3 Å². The van der Waals surface area contributed by atoms with Gasteiger partial charge in [-0.1, -0.05) is 44.5 Å². The zero-order valence-electron chi connectivity index (χ0n) is 11.8. The first-order valence-electron chi connectivity index (χ1n) is 6.36. The van der Waals surface area contributed by atoms with Gasteiger partial charge in [0, 0.05) is 15.9 Å². The van der Waals surface area contributed by atoms with Crippen molar-refractivity contribution in [3.05, 3.63) is 40.4 Å². The fourth-order valence-electron chi connectivity index (χ4n) is 2.03. The first-order chi connectivity index (χ1) is 8.91. The predicted molar refractivity (Wildman–Crippen MR) is 80.3 cm³/mol. The number of rotatable bonds is 2. The maximum atomic E-state index is 8.96. The summed E-state index contributed by atoms with van der Waals surface area (Å²) in [5.41, 5.74) is 3.40. The van der Waals surface area contributed by atoms with Crippen LogP contribution in [-0.4, -0.2) is 4.98 Å². The first kappa shape index (κ1) is 13.8. The second-order valence-corrected chi connectivity index (χ2v) is 6.83. The van der Waals surface area contributed by atoms with E-state index in [0.717, 1.165) is 21.1 Å². The van der Waals surface area contributed by atoms with Crippen LogP contribution >= 0.6 is 11.3 Å². The number of hydrogen-bond acceptors (Lipinski definition) is 3. The van der Waals surface area contributed by atoms with Crippen molar-refractivity contribution < 1.29 is 0 Å². The maximum absolute atomic E-state index is 8.96. The molecule has 0 aliphatic carbocycles. The van der Waals surface area contributed by atoms with Crippen molar-refractivity contribution in [3.8, 4) is 16.6 Å². The summed E-state index contributed by atoms with van der Waals surface area (Å²) >= 11 is 1.64. The van der Waals surface area contributed by atoms with Crippen molar-refractivity contribution >= 4 is 11.3 Å². The highest BCUT2D eigenvalue weighted by Gasteiger charge is 2.23. The van der Waals surface area contributed by atoms with Crippen LogP contribution < -0.4 is 0 Å². The molecule has 98 valence electrons. The molecule has 0 fully saturated rings. The Balaban J connectivity index is 2.52. The summed E-state index contributed by atoms with van der Waals surface area (Å²) in [6, 6.07) is 10.6. The van der Waals surface area contributed by atoms with Crippen LogP contribution in [0.4, 0.5) is 0 Å². The molecule has 19 heavy (non-hydrogen) atoms. The Bertz CT molecular complexity index is 627. The van der Waals surface area contributed by atoms with Gasteiger partial charge in [-0.25, -0.2) is 4.98 Å². The molecule has 0 spiro atoms. The highest BCUT2D eigenvalue weighted by Crippen LogP contribution is 2.34. The number of benzene rings is 1. The van der Waals surface area contributed by atoms with E-state index in [2.05, 4.69) is 52.0 Å². The molecule has 0 aliphatic rings. The van der Waals surface area contributed by atoms with Gasteiger partial charge in [-0.05, 0) is 13.0 Å². The second kappa shape index (κ2) is 5.14. The summed E-state index contributed by atoms with van der Waals surface area (Å²) in [5.74, 6) is 0. The number of nitrogens with zero attached hydrogens (tertiary/aromatic N) is 2. The van der Waals surface area contributed by atoms with E-state index in [9.17, 15) is 0 Å². The predicted octanol–water partition coefficient (Wildman–Crippen LogP) is 4.48. The van der Waals surface area contributed by atoms with Crippen LogP contribution in [0.3, 0.4) is 0 Å². The van der Waals surface area contributed by atoms with Gasteiger partial charge < -0.3 is 0 Å². The molecular formula is C16H18N2S. The Morgan fingerprint density at radius 3 is 2.63 bits per heavy atom. The standard InChI is InChI=1S/C16H18N2S/c1-11-6-5-7-12(10-11)15-18-14(16(2,3)4)13(19-15)8-9-17/h5-7,10H,8H2,1-4H3. The van der Waals surface area contributed by atoms with Crippen LogP contribution in [0.15, 0.2) is 24.3 Å². The third-order valence-corrected chi connectivity index (χ3v) is 4.02. The molecule has 1 aromatic heterocycles. The SMILES string of the molecule is Cc1cccc(-c2nc(C(C)(C)C)c(CC#N)s2)c1. The number of aryl methyl sites for hydroxylation is 1. The van der Waals surface area contributed by atoms with E-state index < -0.39 is 0 Å². The van der Waals surface area contributed by atoms with E-state index in [-0.39, 0.29) is 5.41 Å². The molecule has 0 radical (unpaired) electrons. The largest absolute Gasteiger partial charge is 0.240 e. The summed E-state index contributed by atoms with van der Waals surface area (Å²) in [6.07, 6.45) is 0.441. The molecule has 1 heterocycles. The number of aromatic nitrogens is 1. The minimum atomic E-state index is -0.0231. The second-order valence-electron chi connectivity index (χ2n) is 5.75. The molecular weight excluding hydrogens is 252 g/mol. The van der Waals surface area contributed by atoms with Crippen LogP contribution in [0.5, 0.6) is 0 Å². The summed E-state index contributed by atoms with van der Waals surface area (Å²) in [7, 11) is 0. The van der Waals surface area contributed by atoms with Gasteiger partial charge in [0.15, 0.2) is 0 Å². The van der Waals surface area contributed by atoms with E-state index >= 15 is 0 Å².